The third-order valence-corrected chi connectivity index (χ3v) is 4.00. The van der Waals surface area contributed by atoms with Gasteiger partial charge < -0.3 is 10.2 Å². The molecule has 0 aliphatic carbocycles. The van der Waals surface area contributed by atoms with E-state index < -0.39 is 5.60 Å². The molecule has 2 aromatic carbocycles. The number of aliphatic hydroxyl groups excluding tert-OH is 1. The van der Waals surface area contributed by atoms with Crippen LogP contribution in [0, 0.1) is 17.8 Å². The lowest BCUT2D eigenvalue weighted by Gasteiger charge is -2.25. The summed E-state index contributed by atoms with van der Waals surface area (Å²) in [6.45, 7) is 8.12. The fourth-order valence-corrected chi connectivity index (χ4v) is 2.70. The molecular weight excluding hydrogens is 322 g/mol. The van der Waals surface area contributed by atoms with E-state index in [0.717, 1.165) is 25.2 Å². The molecule has 0 amide bonds. The first-order chi connectivity index (χ1) is 12.4. The van der Waals surface area contributed by atoms with Crippen LogP contribution in [0.5, 0.6) is 0 Å². The van der Waals surface area contributed by atoms with Gasteiger partial charge in [-0.15, -0.1) is 0 Å². The SMILES string of the molecule is C[C@@H](CO)CN(Cc1ccccc1)Cc1ccc(C#CC(C)(C)O)cc1. The maximum atomic E-state index is 9.70. The summed E-state index contributed by atoms with van der Waals surface area (Å²) in [6, 6.07) is 18.5. The van der Waals surface area contributed by atoms with E-state index in [0.29, 0.717) is 0 Å². The average Bonchev–Trinajstić information content (AvgIpc) is 2.61. The predicted molar refractivity (Wildman–Crippen MR) is 106 cm³/mol. The highest BCUT2D eigenvalue weighted by Gasteiger charge is 2.11. The maximum Gasteiger partial charge on any atom is 0.120 e. The minimum Gasteiger partial charge on any atom is -0.396 e. The predicted octanol–water partition coefficient (Wildman–Crippen LogP) is 3.44. The Morgan fingerprint density at radius 2 is 1.54 bits per heavy atom. The van der Waals surface area contributed by atoms with Crippen molar-refractivity contribution in [3.63, 3.8) is 0 Å². The Labute approximate surface area is 157 Å². The molecule has 2 rings (SSSR count). The summed E-state index contributed by atoms with van der Waals surface area (Å²) in [5, 5.41) is 19.1. The lowest BCUT2D eigenvalue weighted by Crippen LogP contribution is -2.29. The molecule has 2 aromatic rings. The van der Waals surface area contributed by atoms with Crippen LogP contribution < -0.4 is 0 Å². The molecule has 0 aromatic heterocycles. The van der Waals surface area contributed by atoms with Gasteiger partial charge in [-0.3, -0.25) is 4.90 Å². The number of nitrogens with zero attached hydrogens (tertiary/aromatic N) is 1. The van der Waals surface area contributed by atoms with Crippen molar-refractivity contribution in [2.75, 3.05) is 13.2 Å². The molecular formula is C23H29NO2. The average molecular weight is 351 g/mol. The molecule has 1 atom stereocenters. The molecule has 0 saturated heterocycles. The van der Waals surface area contributed by atoms with Crippen molar-refractivity contribution in [2.24, 2.45) is 5.92 Å². The fraction of sp³-hybridized carbons (Fsp3) is 0.391. The summed E-state index contributed by atoms with van der Waals surface area (Å²) in [4.78, 5) is 2.35. The molecule has 0 fully saturated rings. The third kappa shape index (κ3) is 7.41. The summed E-state index contributed by atoms with van der Waals surface area (Å²) in [5.74, 6) is 6.06. The van der Waals surface area contributed by atoms with Gasteiger partial charge in [0.25, 0.3) is 0 Å². The maximum absolute atomic E-state index is 9.70. The van der Waals surface area contributed by atoms with Gasteiger partial charge in [-0.2, -0.15) is 0 Å². The topological polar surface area (TPSA) is 43.7 Å². The van der Waals surface area contributed by atoms with Gasteiger partial charge in [0, 0.05) is 31.8 Å². The molecule has 0 unspecified atom stereocenters. The molecule has 0 bridgehead atoms. The van der Waals surface area contributed by atoms with E-state index in [1.165, 1.54) is 11.1 Å². The highest BCUT2D eigenvalue weighted by atomic mass is 16.3. The molecule has 0 radical (unpaired) electrons. The van der Waals surface area contributed by atoms with Gasteiger partial charge in [-0.05, 0) is 43.0 Å². The Morgan fingerprint density at radius 3 is 2.08 bits per heavy atom. The van der Waals surface area contributed by atoms with E-state index in [4.69, 9.17) is 0 Å². The standard InChI is InChI=1S/C23H29NO2/c1-19(18-25)15-24(16-21-7-5-4-6-8-21)17-22-11-9-20(10-12-22)13-14-23(2,3)26/h4-12,19,25-26H,15-18H2,1-3H3/t19-/m1/s1. The van der Waals surface area contributed by atoms with Crippen LogP contribution in [0.3, 0.4) is 0 Å². The van der Waals surface area contributed by atoms with Gasteiger partial charge in [0.05, 0.1) is 0 Å². The van der Waals surface area contributed by atoms with Gasteiger partial charge in [0.2, 0.25) is 0 Å². The molecule has 26 heavy (non-hydrogen) atoms. The Balaban J connectivity index is 2.07. The number of rotatable bonds is 7. The largest absolute Gasteiger partial charge is 0.396 e. The van der Waals surface area contributed by atoms with Gasteiger partial charge >= 0.3 is 0 Å². The summed E-state index contributed by atoms with van der Waals surface area (Å²) < 4.78 is 0. The minimum absolute atomic E-state index is 0.191. The first-order valence-corrected chi connectivity index (χ1v) is 9.07. The van der Waals surface area contributed by atoms with Gasteiger partial charge in [-0.25, -0.2) is 0 Å². The Bertz CT molecular complexity index is 721. The van der Waals surface area contributed by atoms with Crippen molar-refractivity contribution < 1.29 is 10.2 Å². The summed E-state index contributed by atoms with van der Waals surface area (Å²) in [5.41, 5.74) is 2.39. The summed E-state index contributed by atoms with van der Waals surface area (Å²) >= 11 is 0. The lowest BCUT2D eigenvalue weighted by molar-refractivity contribution is 0.143. The van der Waals surface area contributed by atoms with E-state index in [9.17, 15) is 10.2 Å². The zero-order chi connectivity index (χ0) is 19.0. The number of hydrogen-bond acceptors (Lipinski definition) is 3. The number of benzene rings is 2. The number of aliphatic hydroxyl groups is 2. The summed E-state index contributed by atoms with van der Waals surface area (Å²) in [7, 11) is 0. The van der Waals surface area contributed by atoms with Crippen LogP contribution in [-0.2, 0) is 13.1 Å². The highest BCUT2D eigenvalue weighted by Crippen LogP contribution is 2.13. The Kier molecular flexibility index (Phi) is 7.41. The van der Waals surface area contributed by atoms with Gasteiger partial charge in [0.15, 0.2) is 0 Å². The zero-order valence-corrected chi connectivity index (χ0v) is 15.9. The quantitative estimate of drug-likeness (QED) is 0.751. The second-order valence-electron chi connectivity index (χ2n) is 7.45. The van der Waals surface area contributed by atoms with E-state index in [1.807, 2.05) is 18.2 Å². The molecule has 0 spiro atoms. The first-order valence-electron chi connectivity index (χ1n) is 9.07. The zero-order valence-electron chi connectivity index (χ0n) is 15.9. The van der Waals surface area contributed by atoms with E-state index in [-0.39, 0.29) is 12.5 Å². The summed E-state index contributed by atoms with van der Waals surface area (Å²) in [6.07, 6.45) is 0. The molecule has 0 saturated carbocycles. The van der Waals surface area contributed by atoms with Crippen LogP contribution in [0.25, 0.3) is 0 Å². The van der Waals surface area contributed by atoms with Crippen molar-refractivity contribution in [3.8, 4) is 11.8 Å². The highest BCUT2D eigenvalue weighted by molar-refractivity contribution is 5.37. The van der Waals surface area contributed by atoms with Crippen LogP contribution in [0.4, 0.5) is 0 Å². The third-order valence-electron chi connectivity index (χ3n) is 4.00. The van der Waals surface area contributed by atoms with Crippen LogP contribution >= 0.6 is 0 Å². The number of hydrogen-bond donors (Lipinski definition) is 2. The molecule has 3 heteroatoms. The monoisotopic (exact) mass is 351 g/mol. The van der Waals surface area contributed by atoms with Crippen molar-refractivity contribution in [1.82, 2.24) is 4.90 Å². The first kappa shape index (κ1) is 20.2. The van der Waals surface area contributed by atoms with Crippen molar-refractivity contribution in [2.45, 2.75) is 39.5 Å². The Morgan fingerprint density at radius 1 is 0.962 bits per heavy atom. The van der Waals surface area contributed by atoms with E-state index in [2.05, 4.69) is 60.1 Å². The van der Waals surface area contributed by atoms with E-state index >= 15 is 0 Å². The smallest absolute Gasteiger partial charge is 0.120 e. The van der Waals surface area contributed by atoms with Gasteiger partial charge in [0.1, 0.15) is 5.60 Å². The minimum atomic E-state index is -0.981. The van der Waals surface area contributed by atoms with Crippen LogP contribution in [0.1, 0.15) is 37.5 Å². The van der Waals surface area contributed by atoms with Gasteiger partial charge in [-0.1, -0.05) is 61.2 Å². The van der Waals surface area contributed by atoms with E-state index in [1.54, 1.807) is 13.8 Å². The molecule has 2 N–H and O–H groups in total. The second kappa shape index (κ2) is 9.54. The van der Waals surface area contributed by atoms with Crippen molar-refractivity contribution >= 4 is 0 Å². The van der Waals surface area contributed by atoms with Crippen LogP contribution in [0.15, 0.2) is 54.6 Å². The van der Waals surface area contributed by atoms with Crippen LogP contribution in [-0.4, -0.2) is 33.9 Å². The molecule has 3 nitrogen and oxygen atoms in total. The lowest BCUT2D eigenvalue weighted by atomic mass is 10.1. The molecule has 138 valence electrons. The molecule has 0 heterocycles. The fourth-order valence-electron chi connectivity index (χ4n) is 2.70. The molecule has 0 aliphatic rings. The van der Waals surface area contributed by atoms with Crippen molar-refractivity contribution in [1.29, 1.82) is 0 Å². The van der Waals surface area contributed by atoms with Crippen molar-refractivity contribution in [3.05, 3.63) is 71.3 Å². The molecule has 0 aliphatic heterocycles. The normalized spacial score (nSPS) is 12.5. The van der Waals surface area contributed by atoms with Crippen LogP contribution in [0.2, 0.25) is 0 Å². The second-order valence-corrected chi connectivity index (χ2v) is 7.45. The Hall–Kier alpha value is -2.12.